The molecule has 0 atom stereocenters. The van der Waals surface area contributed by atoms with Crippen molar-refractivity contribution in [3.63, 3.8) is 0 Å². The number of nitrogens with zero attached hydrogens (tertiary/aromatic N) is 1. The number of hydrogen-bond acceptors (Lipinski definition) is 3. The SMILES string of the molecule is Cc1occc1C(=O)N(C)Cc1cccc(C(N)=S)c1. The lowest BCUT2D eigenvalue weighted by Gasteiger charge is -2.17. The van der Waals surface area contributed by atoms with E-state index in [0.717, 1.165) is 11.1 Å². The summed E-state index contributed by atoms with van der Waals surface area (Å²) in [5.41, 5.74) is 7.97. The number of furan rings is 1. The third kappa shape index (κ3) is 3.05. The second kappa shape index (κ2) is 5.88. The molecule has 0 bridgehead atoms. The van der Waals surface area contributed by atoms with Crippen LogP contribution in [0.5, 0.6) is 0 Å². The maximum absolute atomic E-state index is 12.3. The van der Waals surface area contributed by atoms with Crippen LogP contribution in [0.4, 0.5) is 0 Å². The van der Waals surface area contributed by atoms with Crippen LogP contribution in [-0.4, -0.2) is 22.8 Å². The van der Waals surface area contributed by atoms with Gasteiger partial charge in [0.2, 0.25) is 0 Å². The normalized spacial score (nSPS) is 10.3. The highest BCUT2D eigenvalue weighted by molar-refractivity contribution is 7.80. The molecule has 0 aliphatic heterocycles. The van der Waals surface area contributed by atoms with Crippen LogP contribution >= 0.6 is 12.2 Å². The first-order valence-corrected chi connectivity index (χ1v) is 6.58. The van der Waals surface area contributed by atoms with Gasteiger partial charge in [-0.15, -0.1) is 0 Å². The number of benzene rings is 1. The second-order valence-corrected chi connectivity index (χ2v) is 5.06. The molecule has 0 aliphatic carbocycles. The molecule has 2 rings (SSSR count). The predicted octanol–water partition coefficient (Wildman–Crippen LogP) is 2.49. The van der Waals surface area contributed by atoms with Crippen LogP contribution in [0, 0.1) is 6.92 Å². The fourth-order valence-corrected chi connectivity index (χ4v) is 2.11. The molecule has 1 aromatic heterocycles. The molecule has 0 fully saturated rings. The Balaban J connectivity index is 2.14. The van der Waals surface area contributed by atoms with Gasteiger partial charge in [-0.3, -0.25) is 4.79 Å². The zero-order chi connectivity index (χ0) is 14.7. The highest BCUT2D eigenvalue weighted by atomic mass is 32.1. The summed E-state index contributed by atoms with van der Waals surface area (Å²) in [5, 5.41) is 0. The minimum Gasteiger partial charge on any atom is -0.469 e. The van der Waals surface area contributed by atoms with Crippen molar-refractivity contribution in [1.29, 1.82) is 0 Å². The second-order valence-electron chi connectivity index (χ2n) is 4.62. The van der Waals surface area contributed by atoms with E-state index in [1.165, 1.54) is 6.26 Å². The Kier molecular flexibility index (Phi) is 4.20. The van der Waals surface area contributed by atoms with Crippen LogP contribution in [0.1, 0.15) is 27.2 Å². The van der Waals surface area contributed by atoms with Gasteiger partial charge < -0.3 is 15.1 Å². The van der Waals surface area contributed by atoms with Crippen molar-refractivity contribution >= 4 is 23.1 Å². The molecule has 1 heterocycles. The lowest BCUT2D eigenvalue weighted by Crippen LogP contribution is -2.26. The van der Waals surface area contributed by atoms with Crippen molar-refractivity contribution in [2.45, 2.75) is 13.5 Å². The molecular formula is C15H16N2O2S. The summed E-state index contributed by atoms with van der Waals surface area (Å²) in [6.07, 6.45) is 1.52. The van der Waals surface area contributed by atoms with Crippen LogP contribution in [0.3, 0.4) is 0 Å². The Labute approximate surface area is 123 Å². The zero-order valence-electron chi connectivity index (χ0n) is 11.4. The Morgan fingerprint density at radius 3 is 2.75 bits per heavy atom. The minimum atomic E-state index is -0.0722. The molecule has 1 aromatic carbocycles. The van der Waals surface area contributed by atoms with E-state index in [2.05, 4.69) is 0 Å². The number of carbonyl (C=O) groups excluding carboxylic acids is 1. The predicted molar refractivity (Wildman–Crippen MR) is 81.6 cm³/mol. The van der Waals surface area contributed by atoms with E-state index in [1.54, 1.807) is 24.9 Å². The van der Waals surface area contributed by atoms with E-state index < -0.39 is 0 Å². The van der Waals surface area contributed by atoms with E-state index in [0.29, 0.717) is 22.9 Å². The number of rotatable bonds is 4. The standard InChI is InChI=1S/C15H16N2O2S/c1-10-13(6-7-19-10)15(18)17(2)9-11-4-3-5-12(8-11)14(16)20/h3-8H,9H2,1-2H3,(H2,16,20). The van der Waals surface area contributed by atoms with E-state index in [-0.39, 0.29) is 5.91 Å². The Morgan fingerprint density at radius 1 is 1.40 bits per heavy atom. The first-order valence-electron chi connectivity index (χ1n) is 6.17. The van der Waals surface area contributed by atoms with Gasteiger partial charge in [0.25, 0.3) is 5.91 Å². The van der Waals surface area contributed by atoms with Gasteiger partial charge in [0.15, 0.2) is 0 Å². The number of carbonyl (C=O) groups is 1. The van der Waals surface area contributed by atoms with E-state index in [1.807, 2.05) is 24.3 Å². The lowest BCUT2D eigenvalue weighted by molar-refractivity contribution is 0.0783. The van der Waals surface area contributed by atoms with Gasteiger partial charge in [0.05, 0.1) is 11.8 Å². The summed E-state index contributed by atoms with van der Waals surface area (Å²) in [6, 6.07) is 9.25. The van der Waals surface area contributed by atoms with Gasteiger partial charge in [-0.25, -0.2) is 0 Å². The average Bonchev–Trinajstić information content (AvgIpc) is 2.84. The molecule has 0 spiro atoms. The Morgan fingerprint density at radius 2 is 2.15 bits per heavy atom. The van der Waals surface area contributed by atoms with Crippen LogP contribution in [-0.2, 0) is 6.54 Å². The maximum atomic E-state index is 12.3. The van der Waals surface area contributed by atoms with E-state index >= 15 is 0 Å². The number of nitrogens with two attached hydrogens (primary N) is 1. The molecule has 0 aliphatic rings. The molecule has 104 valence electrons. The van der Waals surface area contributed by atoms with Crippen molar-refractivity contribution in [2.24, 2.45) is 5.73 Å². The van der Waals surface area contributed by atoms with Gasteiger partial charge >= 0.3 is 0 Å². The van der Waals surface area contributed by atoms with Gasteiger partial charge in [-0.2, -0.15) is 0 Å². The molecule has 2 N–H and O–H groups in total. The molecule has 20 heavy (non-hydrogen) atoms. The number of aryl methyl sites for hydroxylation is 1. The lowest BCUT2D eigenvalue weighted by atomic mass is 10.1. The molecule has 2 aromatic rings. The van der Waals surface area contributed by atoms with Gasteiger partial charge in [0.1, 0.15) is 10.7 Å². The summed E-state index contributed by atoms with van der Waals surface area (Å²) >= 11 is 4.95. The van der Waals surface area contributed by atoms with Gasteiger partial charge in [-0.05, 0) is 24.6 Å². The third-order valence-electron chi connectivity index (χ3n) is 3.07. The van der Waals surface area contributed by atoms with Crippen molar-refractivity contribution in [2.75, 3.05) is 7.05 Å². The Bertz CT molecular complexity index is 649. The number of amides is 1. The summed E-state index contributed by atoms with van der Waals surface area (Å²) in [6.45, 7) is 2.26. The molecular weight excluding hydrogens is 272 g/mol. The van der Waals surface area contributed by atoms with Crippen molar-refractivity contribution in [3.05, 3.63) is 59.0 Å². The molecule has 1 amide bonds. The largest absolute Gasteiger partial charge is 0.469 e. The van der Waals surface area contributed by atoms with Crippen molar-refractivity contribution in [3.8, 4) is 0 Å². The summed E-state index contributed by atoms with van der Waals surface area (Å²) in [4.78, 5) is 14.3. The third-order valence-corrected chi connectivity index (χ3v) is 3.30. The number of thiocarbonyl (C=S) groups is 1. The first-order chi connectivity index (χ1) is 9.49. The summed E-state index contributed by atoms with van der Waals surface area (Å²) < 4.78 is 5.16. The van der Waals surface area contributed by atoms with Crippen molar-refractivity contribution < 1.29 is 9.21 Å². The maximum Gasteiger partial charge on any atom is 0.257 e. The summed E-state index contributed by atoms with van der Waals surface area (Å²) in [5.74, 6) is 0.552. The van der Waals surface area contributed by atoms with Crippen molar-refractivity contribution in [1.82, 2.24) is 4.90 Å². The fourth-order valence-electron chi connectivity index (χ4n) is 1.98. The molecule has 0 saturated heterocycles. The van der Waals surface area contributed by atoms with Crippen LogP contribution in [0.15, 0.2) is 41.0 Å². The Hall–Kier alpha value is -2.14. The van der Waals surface area contributed by atoms with Crippen LogP contribution in [0.2, 0.25) is 0 Å². The molecule has 0 saturated carbocycles. The zero-order valence-corrected chi connectivity index (χ0v) is 12.2. The monoisotopic (exact) mass is 288 g/mol. The fraction of sp³-hybridized carbons (Fsp3) is 0.200. The molecule has 0 unspecified atom stereocenters. The molecule has 0 radical (unpaired) electrons. The van der Waals surface area contributed by atoms with Crippen LogP contribution in [0.25, 0.3) is 0 Å². The minimum absolute atomic E-state index is 0.0722. The number of hydrogen-bond donors (Lipinski definition) is 1. The first kappa shape index (κ1) is 14.3. The van der Waals surface area contributed by atoms with E-state index in [4.69, 9.17) is 22.4 Å². The van der Waals surface area contributed by atoms with Gasteiger partial charge in [0, 0.05) is 19.2 Å². The molecule has 5 heteroatoms. The highest BCUT2D eigenvalue weighted by Gasteiger charge is 2.16. The average molecular weight is 288 g/mol. The summed E-state index contributed by atoms with van der Waals surface area (Å²) in [7, 11) is 1.75. The quantitative estimate of drug-likeness (QED) is 0.878. The smallest absolute Gasteiger partial charge is 0.257 e. The topological polar surface area (TPSA) is 59.5 Å². The molecule has 4 nitrogen and oxygen atoms in total. The highest BCUT2D eigenvalue weighted by Crippen LogP contribution is 2.14. The van der Waals surface area contributed by atoms with E-state index in [9.17, 15) is 4.79 Å². The van der Waals surface area contributed by atoms with Crippen LogP contribution < -0.4 is 5.73 Å². The van der Waals surface area contributed by atoms with Gasteiger partial charge in [-0.1, -0.05) is 30.4 Å².